The highest BCUT2D eigenvalue weighted by Crippen LogP contribution is 2.09. The number of carbonyl (C=O) groups excluding carboxylic acids is 1. The molecule has 0 spiro atoms. The van der Waals surface area contributed by atoms with Crippen molar-refractivity contribution in [3.8, 4) is 0 Å². The van der Waals surface area contributed by atoms with Crippen LogP contribution in [0.25, 0.3) is 5.78 Å². The minimum atomic E-state index is -0.478. The molecule has 0 aliphatic carbocycles. The van der Waals surface area contributed by atoms with E-state index in [4.69, 9.17) is 11.6 Å². The number of nitrogens with one attached hydrogen (secondary N) is 1. The molecular formula is C16H13ClN4O2. The molecule has 0 atom stereocenters. The number of fused-ring (bicyclic) bond motifs is 1. The summed E-state index contributed by atoms with van der Waals surface area (Å²) in [6.07, 6.45) is 4.47. The maximum Gasteiger partial charge on any atom is 0.271 e. The molecule has 3 rings (SSSR count). The molecule has 1 amide bonds. The van der Waals surface area contributed by atoms with E-state index in [0.29, 0.717) is 11.6 Å². The first-order valence-corrected chi connectivity index (χ1v) is 7.29. The highest BCUT2D eigenvalue weighted by molar-refractivity contribution is 6.30. The molecule has 2 aromatic heterocycles. The zero-order valence-electron chi connectivity index (χ0n) is 12.3. The van der Waals surface area contributed by atoms with Gasteiger partial charge in [0.25, 0.3) is 11.5 Å². The number of carbonyl (C=O) groups is 1. The average molecular weight is 329 g/mol. The minimum absolute atomic E-state index is 0.0242. The number of aryl methyl sites for hydroxylation is 1. The monoisotopic (exact) mass is 328 g/mol. The van der Waals surface area contributed by atoms with E-state index < -0.39 is 11.5 Å². The van der Waals surface area contributed by atoms with Crippen molar-refractivity contribution in [1.29, 1.82) is 0 Å². The van der Waals surface area contributed by atoms with Crippen molar-refractivity contribution in [3.05, 3.63) is 74.9 Å². The van der Waals surface area contributed by atoms with Crippen LogP contribution >= 0.6 is 11.6 Å². The van der Waals surface area contributed by atoms with E-state index in [1.165, 1.54) is 10.6 Å². The lowest BCUT2D eigenvalue weighted by atomic mass is 10.2. The molecule has 0 fully saturated rings. The first-order chi connectivity index (χ1) is 11.0. The molecule has 1 aromatic carbocycles. The zero-order chi connectivity index (χ0) is 16.4. The van der Waals surface area contributed by atoms with Crippen LogP contribution in [0.4, 0.5) is 0 Å². The number of amides is 1. The summed E-state index contributed by atoms with van der Waals surface area (Å²) < 4.78 is 1.27. The quantitative estimate of drug-likeness (QED) is 0.797. The fourth-order valence-corrected chi connectivity index (χ4v) is 2.23. The Labute approximate surface area is 136 Å². The molecule has 0 saturated carbocycles. The van der Waals surface area contributed by atoms with Gasteiger partial charge < -0.3 is 5.32 Å². The van der Waals surface area contributed by atoms with Crippen LogP contribution in [0, 0.1) is 6.92 Å². The first-order valence-electron chi connectivity index (χ1n) is 6.91. The van der Waals surface area contributed by atoms with E-state index >= 15 is 0 Å². The van der Waals surface area contributed by atoms with Crippen LogP contribution < -0.4 is 10.9 Å². The Balaban J connectivity index is 1.84. The lowest BCUT2D eigenvalue weighted by Gasteiger charge is -2.06. The third-order valence-electron chi connectivity index (χ3n) is 3.30. The summed E-state index contributed by atoms with van der Waals surface area (Å²) in [6.45, 7) is 2.11. The van der Waals surface area contributed by atoms with Crippen LogP contribution in [-0.2, 0) is 6.54 Å². The van der Waals surface area contributed by atoms with Gasteiger partial charge in [0.1, 0.15) is 5.56 Å². The zero-order valence-corrected chi connectivity index (χ0v) is 13.0. The molecule has 0 aliphatic heterocycles. The molecule has 0 bridgehead atoms. The lowest BCUT2D eigenvalue weighted by Crippen LogP contribution is -2.31. The van der Waals surface area contributed by atoms with E-state index in [-0.39, 0.29) is 11.3 Å². The van der Waals surface area contributed by atoms with Crippen LogP contribution in [-0.4, -0.2) is 20.3 Å². The minimum Gasteiger partial charge on any atom is -0.348 e. The fraction of sp³-hybridized carbons (Fsp3) is 0.125. The van der Waals surface area contributed by atoms with Gasteiger partial charge in [-0.1, -0.05) is 23.7 Å². The third kappa shape index (κ3) is 3.22. The third-order valence-corrected chi connectivity index (χ3v) is 3.55. The van der Waals surface area contributed by atoms with Crippen LogP contribution in [0.15, 0.2) is 47.7 Å². The number of halogens is 1. The second-order valence-corrected chi connectivity index (χ2v) is 5.52. The predicted octanol–water partition coefficient (Wildman–Crippen LogP) is 1.98. The van der Waals surface area contributed by atoms with Crippen molar-refractivity contribution < 1.29 is 4.79 Å². The number of hydrogen-bond donors (Lipinski definition) is 1. The van der Waals surface area contributed by atoms with E-state index in [0.717, 1.165) is 11.1 Å². The number of nitrogens with zero attached hydrogens (tertiary/aromatic N) is 3. The van der Waals surface area contributed by atoms with E-state index in [1.807, 2.05) is 6.92 Å². The van der Waals surface area contributed by atoms with E-state index in [2.05, 4.69) is 15.3 Å². The van der Waals surface area contributed by atoms with Crippen LogP contribution in [0.3, 0.4) is 0 Å². The molecular weight excluding hydrogens is 316 g/mol. The fourth-order valence-electron chi connectivity index (χ4n) is 2.10. The van der Waals surface area contributed by atoms with Crippen molar-refractivity contribution in [1.82, 2.24) is 19.7 Å². The van der Waals surface area contributed by atoms with Crippen LogP contribution in [0.5, 0.6) is 0 Å². The summed E-state index contributed by atoms with van der Waals surface area (Å²) in [5, 5.41) is 3.32. The molecule has 23 heavy (non-hydrogen) atoms. The highest BCUT2D eigenvalue weighted by atomic mass is 35.5. The summed E-state index contributed by atoms with van der Waals surface area (Å²) in [7, 11) is 0. The predicted molar refractivity (Wildman–Crippen MR) is 86.6 cm³/mol. The van der Waals surface area contributed by atoms with E-state index in [9.17, 15) is 9.59 Å². The topological polar surface area (TPSA) is 76.4 Å². The van der Waals surface area contributed by atoms with Gasteiger partial charge in [-0.15, -0.1) is 0 Å². The van der Waals surface area contributed by atoms with E-state index in [1.54, 1.807) is 36.7 Å². The smallest absolute Gasteiger partial charge is 0.271 e. The van der Waals surface area contributed by atoms with Gasteiger partial charge in [-0.25, -0.2) is 9.97 Å². The Hall–Kier alpha value is -2.73. The number of rotatable bonds is 3. The van der Waals surface area contributed by atoms with Crippen LogP contribution in [0.2, 0.25) is 5.02 Å². The lowest BCUT2D eigenvalue weighted by molar-refractivity contribution is 0.0949. The van der Waals surface area contributed by atoms with Gasteiger partial charge >= 0.3 is 0 Å². The molecule has 0 radical (unpaired) electrons. The Morgan fingerprint density at radius 1 is 1.22 bits per heavy atom. The maximum atomic E-state index is 12.4. The molecule has 116 valence electrons. The molecule has 7 heteroatoms. The van der Waals surface area contributed by atoms with Crippen molar-refractivity contribution in [3.63, 3.8) is 0 Å². The van der Waals surface area contributed by atoms with Gasteiger partial charge in [0.05, 0.1) is 0 Å². The molecule has 3 aromatic rings. The number of benzene rings is 1. The molecule has 2 heterocycles. The second-order valence-electron chi connectivity index (χ2n) is 5.09. The SMILES string of the molecule is Cc1cnc2ncc(C(=O)NCc3ccc(Cl)cc3)c(=O)n2c1. The summed E-state index contributed by atoms with van der Waals surface area (Å²) in [5.41, 5.74) is 1.22. The Morgan fingerprint density at radius 3 is 2.65 bits per heavy atom. The van der Waals surface area contributed by atoms with Crippen molar-refractivity contribution >= 4 is 23.3 Å². The summed E-state index contributed by atoms with van der Waals surface area (Å²) in [6, 6.07) is 7.09. The van der Waals surface area contributed by atoms with Crippen molar-refractivity contribution in [2.75, 3.05) is 0 Å². The molecule has 0 aliphatic rings. The average Bonchev–Trinajstić information content (AvgIpc) is 2.55. The van der Waals surface area contributed by atoms with Gasteiger partial charge in [-0.2, -0.15) is 0 Å². The standard InChI is InChI=1S/C16H13ClN4O2/c1-10-6-19-16-20-8-13(15(23)21(16)9-10)14(22)18-7-11-2-4-12(17)5-3-11/h2-6,8-9H,7H2,1H3,(H,18,22). The maximum absolute atomic E-state index is 12.4. The highest BCUT2D eigenvalue weighted by Gasteiger charge is 2.13. The Bertz CT molecular complexity index is 935. The van der Waals surface area contributed by atoms with Crippen LogP contribution in [0.1, 0.15) is 21.5 Å². The molecule has 0 unspecified atom stereocenters. The van der Waals surface area contributed by atoms with Gasteiger partial charge in [0.15, 0.2) is 0 Å². The molecule has 6 nitrogen and oxygen atoms in total. The molecule has 0 saturated heterocycles. The normalized spacial score (nSPS) is 10.7. The summed E-state index contributed by atoms with van der Waals surface area (Å²) in [4.78, 5) is 32.7. The van der Waals surface area contributed by atoms with Gasteiger partial charge in [0, 0.05) is 30.2 Å². The van der Waals surface area contributed by atoms with Gasteiger partial charge in [-0.05, 0) is 30.2 Å². The summed E-state index contributed by atoms with van der Waals surface area (Å²) in [5.74, 6) is -0.219. The summed E-state index contributed by atoms with van der Waals surface area (Å²) >= 11 is 5.81. The second kappa shape index (κ2) is 6.18. The Kier molecular flexibility index (Phi) is 4.08. The van der Waals surface area contributed by atoms with Crippen molar-refractivity contribution in [2.24, 2.45) is 0 Å². The van der Waals surface area contributed by atoms with Crippen molar-refractivity contribution in [2.45, 2.75) is 13.5 Å². The number of aromatic nitrogens is 3. The largest absolute Gasteiger partial charge is 0.348 e. The van der Waals surface area contributed by atoms with Gasteiger partial charge in [-0.3, -0.25) is 14.0 Å². The number of hydrogen-bond acceptors (Lipinski definition) is 4. The first kappa shape index (κ1) is 15.2. The Morgan fingerprint density at radius 2 is 1.91 bits per heavy atom. The molecule has 1 N–H and O–H groups in total. The van der Waals surface area contributed by atoms with Gasteiger partial charge in [0.2, 0.25) is 5.78 Å².